The molecule has 1 aromatic carbocycles. The van der Waals surface area contributed by atoms with Gasteiger partial charge in [0.05, 0.1) is 16.8 Å². The summed E-state index contributed by atoms with van der Waals surface area (Å²) in [5.41, 5.74) is 0.878. The molecule has 90 valence electrons. The van der Waals surface area contributed by atoms with E-state index >= 15 is 0 Å². The van der Waals surface area contributed by atoms with Gasteiger partial charge in [0, 0.05) is 6.54 Å². The third-order valence-electron chi connectivity index (χ3n) is 2.22. The lowest BCUT2D eigenvalue weighted by Crippen LogP contribution is -2.18. The fraction of sp³-hybridized carbons (Fsp3) is 0.200. The van der Waals surface area contributed by atoms with Crippen molar-refractivity contribution in [2.24, 2.45) is 0 Å². The molecule has 1 atom stereocenters. The number of benzene rings is 1. The largest absolute Gasteiger partial charge is 0.411 e. The molecular formula is C10H10N2O4S. The third-order valence-corrected chi connectivity index (χ3v) is 2.67. The Morgan fingerprint density at radius 2 is 2.29 bits per heavy atom. The Labute approximate surface area is 99.0 Å². The predicted molar refractivity (Wildman–Crippen MR) is 62.8 cm³/mol. The van der Waals surface area contributed by atoms with Crippen LogP contribution in [-0.2, 0) is 17.6 Å². The van der Waals surface area contributed by atoms with E-state index in [-0.39, 0.29) is 5.88 Å². The van der Waals surface area contributed by atoms with E-state index in [1.807, 2.05) is 0 Å². The van der Waals surface area contributed by atoms with E-state index in [1.54, 1.807) is 18.2 Å². The van der Waals surface area contributed by atoms with Gasteiger partial charge in [0.2, 0.25) is 0 Å². The van der Waals surface area contributed by atoms with Crippen molar-refractivity contribution in [3.63, 3.8) is 0 Å². The van der Waals surface area contributed by atoms with Crippen LogP contribution in [0, 0.1) is 0 Å². The molecule has 2 N–H and O–H groups in total. The van der Waals surface area contributed by atoms with Gasteiger partial charge in [0.1, 0.15) is 0 Å². The molecule has 0 saturated heterocycles. The second-order valence-electron chi connectivity index (χ2n) is 3.35. The van der Waals surface area contributed by atoms with Crippen LogP contribution in [0.2, 0.25) is 0 Å². The molecule has 0 aliphatic rings. The van der Waals surface area contributed by atoms with Crippen LogP contribution in [0.3, 0.4) is 0 Å². The maximum Gasteiger partial charge on any atom is 0.346 e. The molecule has 0 saturated carbocycles. The van der Waals surface area contributed by atoms with E-state index < -0.39 is 16.7 Å². The molecule has 0 amide bonds. The first kappa shape index (κ1) is 11.9. The number of fused-ring (bicyclic) bond motifs is 1. The van der Waals surface area contributed by atoms with Crippen molar-refractivity contribution < 1.29 is 13.2 Å². The molecule has 0 bridgehead atoms. The Kier molecular flexibility index (Phi) is 3.62. The summed E-state index contributed by atoms with van der Waals surface area (Å²) < 4.78 is 23.8. The average Bonchev–Trinajstić information content (AvgIpc) is 2.30. The highest BCUT2D eigenvalue weighted by atomic mass is 32.2. The lowest BCUT2D eigenvalue weighted by Gasteiger charge is -2.04. The molecular weight excluding hydrogens is 244 g/mol. The van der Waals surface area contributed by atoms with Crippen molar-refractivity contribution in [2.75, 3.05) is 5.88 Å². The van der Waals surface area contributed by atoms with Crippen molar-refractivity contribution >= 4 is 22.0 Å². The van der Waals surface area contributed by atoms with Crippen molar-refractivity contribution in [1.82, 2.24) is 10.3 Å². The summed E-state index contributed by atoms with van der Waals surface area (Å²) in [4.78, 5) is 15.4. The topological polar surface area (TPSA) is 92.4 Å². The van der Waals surface area contributed by atoms with Gasteiger partial charge in [-0.3, -0.25) is 5.32 Å². The number of rotatable bonds is 4. The van der Waals surface area contributed by atoms with Crippen LogP contribution in [-0.4, -0.2) is 19.6 Å². The standard InChI is InChI=1S/C10H10N2O4S/c13-10-8-3-1-2-7(4-11-6-17(14)15)9(8)12-5-16-10/h1-3,5,11H,4,6H2,(H,14,15). The summed E-state index contributed by atoms with van der Waals surface area (Å²) in [6.45, 7) is 0.361. The van der Waals surface area contributed by atoms with Gasteiger partial charge >= 0.3 is 5.63 Å². The van der Waals surface area contributed by atoms with Crippen LogP contribution < -0.4 is 10.9 Å². The summed E-state index contributed by atoms with van der Waals surface area (Å²) in [5, 5.41) is 3.19. The number of nitrogens with zero attached hydrogens (tertiary/aromatic N) is 1. The van der Waals surface area contributed by atoms with Crippen LogP contribution in [0.25, 0.3) is 10.9 Å². The molecule has 1 aromatic heterocycles. The van der Waals surface area contributed by atoms with Crippen molar-refractivity contribution in [2.45, 2.75) is 6.54 Å². The van der Waals surface area contributed by atoms with E-state index in [0.29, 0.717) is 17.4 Å². The van der Waals surface area contributed by atoms with Gasteiger partial charge < -0.3 is 8.97 Å². The molecule has 1 unspecified atom stereocenters. The maximum absolute atomic E-state index is 11.4. The molecule has 7 heteroatoms. The number of hydrogen-bond donors (Lipinski definition) is 2. The predicted octanol–water partition coefficient (Wildman–Crippen LogP) is 0.457. The molecule has 0 radical (unpaired) electrons. The summed E-state index contributed by atoms with van der Waals surface area (Å²) in [5.74, 6) is -0.0299. The highest BCUT2D eigenvalue weighted by Crippen LogP contribution is 2.12. The van der Waals surface area contributed by atoms with Gasteiger partial charge in [0.25, 0.3) is 0 Å². The highest BCUT2D eigenvalue weighted by Gasteiger charge is 2.05. The Hall–Kier alpha value is -1.57. The van der Waals surface area contributed by atoms with E-state index in [9.17, 15) is 9.00 Å². The number of hydrogen-bond acceptors (Lipinski definition) is 5. The van der Waals surface area contributed by atoms with Gasteiger partial charge in [-0.05, 0) is 11.6 Å². The SMILES string of the molecule is O=c1ocnc2c(CNCS(=O)O)cccc12. The first-order valence-corrected chi connectivity index (χ1v) is 6.09. The van der Waals surface area contributed by atoms with Crippen LogP contribution in [0.5, 0.6) is 0 Å². The monoisotopic (exact) mass is 254 g/mol. The first-order valence-electron chi connectivity index (χ1n) is 4.82. The first-order chi connectivity index (χ1) is 8.18. The van der Waals surface area contributed by atoms with Crippen LogP contribution in [0.1, 0.15) is 5.56 Å². The molecule has 6 nitrogen and oxygen atoms in total. The molecule has 0 spiro atoms. The second-order valence-corrected chi connectivity index (χ2v) is 4.28. The van der Waals surface area contributed by atoms with Gasteiger partial charge in [0.15, 0.2) is 17.5 Å². The maximum atomic E-state index is 11.4. The van der Waals surface area contributed by atoms with Gasteiger partial charge in [-0.15, -0.1) is 0 Å². The zero-order chi connectivity index (χ0) is 12.3. The summed E-state index contributed by atoms with van der Waals surface area (Å²) in [6, 6.07) is 5.14. The average molecular weight is 254 g/mol. The molecule has 0 aliphatic heterocycles. The third kappa shape index (κ3) is 2.76. The Morgan fingerprint density at radius 1 is 1.47 bits per heavy atom. The minimum atomic E-state index is -1.89. The van der Waals surface area contributed by atoms with Crippen LogP contribution >= 0.6 is 0 Å². The molecule has 2 rings (SSSR count). The number of aromatic nitrogens is 1. The second kappa shape index (κ2) is 5.17. The van der Waals surface area contributed by atoms with Crippen molar-refractivity contribution in [1.29, 1.82) is 0 Å². The van der Waals surface area contributed by atoms with Crippen molar-refractivity contribution in [3.8, 4) is 0 Å². The zero-order valence-electron chi connectivity index (χ0n) is 8.75. The smallest absolute Gasteiger partial charge is 0.346 e. The quantitative estimate of drug-likeness (QED) is 0.770. The fourth-order valence-corrected chi connectivity index (χ4v) is 1.79. The van der Waals surface area contributed by atoms with Gasteiger partial charge in [-0.1, -0.05) is 12.1 Å². The molecule has 0 fully saturated rings. The molecule has 2 aromatic rings. The minimum Gasteiger partial charge on any atom is -0.411 e. The lowest BCUT2D eigenvalue weighted by atomic mass is 10.1. The summed E-state index contributed by atoms with van der Waals surface area (Å²) in [7, 11) is 0. The van der Waals surface area contributed by atoms with Gasteiger partial charge in [-0.25, -0.2) is 14.0 Å². The van der Waals surface area contributed by atoms with Crippen molar-refractivity contribution in [3.05, 3.63) is 40.6 Å². The van der Waals surface area contributed by atoms with E-state index in [1.165, 1.54) is 0 Å². The van der Waals surface area contributed by atoms with Crippen LogP contribution in [0.15, 0.2) is 33.8 Å². The minimum absolute atomic E-state index is 0.0299. The number of nitrogens with one attached hydrogen (secondary N) is 1. The lowest BCUT2D eigenvalue weighted by molar-refractivity contribution is 0.500. The number of para-hydroxylation sites is 1. The Balaban J connectivity index is 2.31. The summed E-state index contributed by atoms with van der Waals surface area (Å²) in [6.07, 6.45) is 1.10. The molecule has 1 heterocycles. The normalized spacial score (nSPS) is 12.8. The highest BCUT2D eigenvalue weighted by molar-refractivity contribution is 7.79. The fourth-order valence-electron chi connectivity index (χ4n) is 1.51. The van der Waals surface area contributed by atoms with E-state index in [4.69, 9.17) is 4.55 Å². The zero-order valence-corrected chi connectivity index (χ0v) is 9.57. The molecule has 0 aliphatic carbocycles. The van der Waals surface area contributed by atoms with Crippen LogP contribution in [0.4, 0.5) is 0 Å². The van der Waals surface area contributed by atoms with E-state index in [0.717, 1.165) is 12.0 Å². The van der Waals surface area contributed by atoms with E-state index in [2.05, 4.69) is 14.7 Å². The van der Waals surface area contributed by atoms with Gasteiger partial charge in [-0.2, -0.15) is 0 Å². The summed E-state index contributed by atoms with van der Waals surface area (Å²) >= 11 is -1.89. The Morgan fingerprint density at radius 3 is 3.06 bits per heavy atom. The Bertz CT molecular complexity index is 611. The molecule has 17 heavy (non-hydrogen) atoms.